The number of fused-ring (bicyclic) bond motifs is 1. The zero-order valence-corrected chi connectivity index (χ0v) is 14.9. The van der Waals surface area contributed by atoms with Gasteiger partial charge in [-0.15, -0.1) is 0 Å². The van der Waals surface area contributed by atoms with Gasteiger partial charge in [-0.2, -0.15) is 0 Å². The van der Waals surface area contributed by atoms with Crippen molar-refractivity contribution in [2.45, 2.75) is 50.3 Å². The van der Waals surface area contributed by atoms with Crippen molar-refractivity contribution < 1.29 is 24.1 Å². The van der Waals surface area contributed by atoms with Crippen molar-refractivity contribution in [2.24, 2.45) is 0 Å². The Morgan fingerprint density at radius 1 is 1.27 bits per heavy atom. The molecule has 3 rings (SSSR count). The maximum Gasteiger partial charge on any atom is 0.204 e. The fourth-order valence-corrected chi connectivity index (χ4v) is 3.57. The van der Waals surface area contributed by atoms with Gasteiger partial charge in [-0.1, -0.05) is 52.9 Å². The second-order valence-corrected chi connectivity index (χ2v) is 6.91. The van der Waals surface area contributed by atoms with E-state index in [1.165, 1.54) is 0 Å². The predicted molar refractivity (Wildman–Crippen MR) is 88.6 cm³/mol. The Morgan fingerprint density at radius 2 is 2.00 bits per heavy atom. The average molecular weight is 420 g/mol. The molecule has 0 spiro atoms. The van der Waals surface area contributed by atoms with Gasteiger partial charge in [0.15, 0.2) is 5.79 Å². The summed E-state index contributed by atoms with van der Waals surface area (Å²) < 4.78 is 23.8. The van der Waals surface area contributed by atoms with Crippen LogP contribution in [0, 0.1) is 0 Å². The highest BCUT2D eigenvalue weighted by Gasteiger charge is 2.57. The Hall–Kier alpha value is -0.250. The molecule has 0 radical (unpaired) electrons. The lowest BCUT2D eigenvalue weighted by Gasteiger charge is -2.42. The first kappa shape index (κ1) is 16.6. The van der Waals surface area contributed by atoms with E-state index in [2.05, 4.69) is 22.6 Å². The van der Waals surface area contributed by atoms with Crippen molar-refractivity contribution >= 4 is 22.6 Å². The van der Waals surface area contributed by atoms with E-state index in [-0.39, 0.29) is 12.2 Å². The molecule has 0 aromatic heterocycles. The number of ether oxygens (including phenoxy) is 4. The predicted octanol–water partition coefficient (Wildman–Crippen LogP) is 2.25. The van der Waals surface area contributed by atoms with Gasteiger partial charge in [-0.25, -0.2) is 0 Å². The highest BCUT2D eigenvalue weighted by Crippen LogP contribution is 2.39. The number of alkyl halides is 1. The number of hydrogen-bond donors (Lipinski definition) is 1. The van der Waals surface area contributed by atoms with Crippen molar-refractivity contribution in [1.29, 1.82) is 0 Å². The second-order valence-electron chi connectivity index (χ2n) is 6.15. The fourth-order valence-electron chi connectivity index (χ4n) is 2.91. The standard InChI is InChI=1S/C16H21IO5/c1-15(2)21-12-9-20-16(18,10-17)14(13(12)22-15)19-8-11-6-4-3-5-7-11/h3-7,12-14,18H,8-10H2,1-2H3/t12-,13-,14+,16?/m0/s1. The minimum absolute atomic E-state index is 0.223. The maximum absolute atomic E-state index is 10.7. The first-order valence-corrected chi connectivity index (χ1v) is 8.89. The van der Waals surface area contributed by atoms with Crippen molar-refractivity contribution in [3.8, 4) is 0 Å². The van der Waals surface area contributed by atoms with Gasteiger partial charge in [0.1, 0.15) is 18.3 Å². The molecule has 1 aromatic carbocycles. The lowest BCUT2D eigenvalue weighted by Crippen LogP contribution is -2.61. The summed E-state index contributed by atoms with van der Waals surface area (Å²) in [4.78, 5) is 0. The molecule has 2 fully saturated rings. The van der Waals surface area contributed by atoms with Gasteiger partial charge >= 0.3 is 0 Å². The van der Waals surface area contributed by atoms with E-state index in [1.54, 1.807) is 0 Å². The summed E-state index contributed by atoms with van der Waals surface area (Å²) in [7, 11) is 0. The number of hydrogen-bond acceptors (Lipinski definition) is 5. The summed E-state index contributed by atoms with van der Waals surface area (Å²) in [5.74, 6) is -2.05. The van der Waals surface area contributed by atoms with Crippen LogP contribution in [0.15, 0.2) is 30.3 Å². The minimum atomic E-state index is -1.36. The SMILES string of the molecule is CC1(C)O[C@H]2[C@H](COC(O)(CI)[C@@H]2OCc2ccccc2)O1. The fraction of sp³-hybridized carbons (Fsp3) is 0.625. The van der Waals surface area contributed by atoms with Gasteiger partial charge < -0.3 is 24.1 Å². The molecule has 1 N–H and O–H groups in total. The van der Waals surface area contributed by atoms with Crippen molar-refractivity contribution in [1.82, 2.24) is 0 Å². The third-order valence-corrected chi connectivity index (χ3v) is 5.02. The van der Waals surface area contributed by atoms with E-state index in [1.807, 2.05) is 44.2 Å². The number of rotatable bonds is 4. The number of benzene rings is 1. The summed E-state index contributed by atoms with van der Waals surface area (Å²) in [6.07, 6.45) is -1.16. The smallest absolute Gasteiger partial charge is 0.204 e. The van der Waals surface area contributed by atoms with Crippen LogP contribution >= 0.6 is 22.6 Å². The molecule has 1 aromatic rings. The quantitative estimate of drug-likeness (QED) is 0.599. The molecule has 6 heteroatoms. The molecule has 0 saturated carbocycles. The molecule has 2 aliphatic rings. The summed E-state index contributed by atoms with van der Waals surface area (Å²) >= 11 is 2.10. The van der Waals surface area contributed by atoms with Gasteiger partial charge in [0, 0.05) is 0 Å². The largest absolute Gasteiger partial charge is 0.365 e. The highest BCUT2D eigenvalue weighted by atomic mass is 127. The molecule has 2 saturated heterocycles. The van der Waals surface area contributed by atoms with Crippen molar-refractivity contribution in [3.05, 3.63) is 35.9 Å². The zero-order valence-electron chi connectivity index (χ0n) is 12.7. The third kappa shape index (κ3) is 3.32. The average Bonchev–Trinajstić information content (AvgIpc) is 2.81. The third-order valence-electron chi connectivity index (χ3n) is 3.93. The van der Waals surface area contributed by atoms with Crippen molar-refractivity contribution in [3.63, 3.8) is 0 Å². The Morgan fingerprint density at radius 3 is 2.68 bits per heavy atom. The Balaban J connectivity index is 1.77. The summed E-state index contributed by atoms with van der Waals surface area (Å²) in [6.45, 7) is 4.42. The van der Waals surface area contributed by atoms with E-state index in [0.29, 0.717) is 17.6 Å². The molecule has 5 nitrogen and oxygen atoms in total. The molecule has 22 heavy (non-hydrogen) atoms. The van der Waals surface area contributed by atoms with Crippen LogP contribution < -0.4 is 0 Å². The van der Waals surface area contributed by atoms with E-state index in [4.69, 9.17) is 18.9 Å². The summed E-state index contributed by atoms with van der Waals surface area (Å²) in [5.41, 5.74) is 1.04. The van der Waals surface area contributed by atoms with Crippen LogP contribution in [0.5, 0.6) is 0 Å². The number of halogens is 1. The Bertz CT molecular complexity index is 509. The molecule has 2 aliphatic heterocycles. The van der Waals surface area contributed by atoms with E-state index in [0.717, 1.165) is 5.56 Å². The first-order valence-electron chi connectivity index (χ1n) is 7.37. The van der Waals surface area contributed by atoms with Crippen molar-refractivity contribution in [2.75, 3.05) is 11.0 Å². The lowest BCUT2D eigenvalue weighted by atomic mass is 9.98. The van der Waals surface area contributed by atoms with E-state index in [9.17, 15) is 5.11 Å². The van der Waals surface area contributed by atoms with Crippen LogP contribution in [0.25, 0.3) is 0 Å². The Labute approximate surface area is 144 Å². The van der Waals surface area contributed by atoms with E-state index >= 15 is 0 Å². The van der Waals surface area contributed by atoms with Crippen LogP contribution in [0.4, 0.5) is 0 Å². The van der Waals surface area contributed by atoms with Crippen LogP contribution in [-0.4, -0.2) is 46.0 Å². The van der Waals surface area contributed by atoms with Gasteiger partial charge in [0.25, 0.3) is 0 Å². The topological polar surface area (TPSA) is 57.2 Å². The zero-order chi connectivity index (χ0) is 15.8. The molecule has 122 valence electrons. The van der Waals surface area contributed by atoms with Gasteiger partial charge in [0.05, 0.1) is 17.6 Å². The molecule has 4 atom stereocenters. The highest BCUT2D eigenvalue weighted by molar-refractivity contribution is 14.1. The molecule has 0 aliphatic carbocycles. The van der Waals surface area contributed by atoms with E-state index < -0.39 is 17.7 Å². The summed E-state index contributed by atoms with van der Waals surface area (Å²) in [6, 6.07) is 9.85. The molecule has 0 amide bonds. The number of aliphatic hydroxyl groups is 1. The maximum atomic E-state index is 10.7. The minimum Gasteiger partial charge on any atom is -0.365 e. The molecular weight excluding hydrogens is 399 g/mol. The normalized spacial score (nSPS) is 37.0. The molecule has 1 unspecified atom stereocenters. The van der Waals surface area contributed by atoms with Gasteiger partial charge in [0.2, 0.25) is 5.79 Å². The Kier molecular flexibility index (Phi) is 4.78. The molecule has 2 heterocycles. The van der Waals surface area contributed by atoms with Crippen LogP contribution in [0.1, 0.15) is 19.4 Å². The lowest BCUT2D eigenvalue weighted by molar-refractivity contribution is -0.305. The molecule has 0 bridgehead atoms. The molecular formula is C16H21IO5. The van der Waals surface area contributed by atoms with Crippen LogP contribution in [0.3, 0.4) is 0 Å². The van der Waals surface area contributed by atoms with Gasteiger partial charge in [-0.3, -0.25) is 0 Å². The monoisotopic (exact) mass is 420 g/mol. The van der Waals surface area contributed by atoms with Gasteiger partial charge in [-0.05, 0) is 19.4 Å². The second kappa shape index (κ2) is 6.33. The summed E-state index contributed by atoms with van der Waals surface area (Å²) in [5, 5.41) is 10.7. The van der Waals surface area contributed by atoms with Crippen LogP contribution in [-0.2, 0) is 25.6 Å². The van der Waals surface area contributed by atoms with Crippen LogP contribution in [0.2, 0.25) is 0 Å². The first-order chi connectivity index (χ1) is 10.4.